The molecule has 11 heavy (non-hydrogen) atoms. The van der Waals surface area contributed by atoms with E-state index in [1.807, 2.05) is 0 Å². The first-order valence-electron chi connectivity index (χ1n) is 4.37. The van der Waals surface area contributed by atoms with E-state index >= 15 is 0 Å². The third kappa shape index (κ3) is 1.17. The second kappa shape index (κ2) is 2.73. The summed E-state index contributed by atoms with van der Waals surface area (Å²) in [6.07, 6.45) is 4.43. The molecule has 0 aromatic rings. The summed E-state index contributed by atoms with van der Waals surface area (Å²) >= 11 is 0. The molecule has 1 atom stereocenters. The van der Waals surface area contributed by atoms with Crippen LogP contribution in [0.2, 0.25) is 0 Å². The smallest absolute Gasteiger partial charge is 0.183 e. The Balaban J connectivity index is 2.07. The maximum atomic E-state index is 5.93. The average molecular weight is 157 g/mol. The molecule has 0 amide bonds. The highest BCUT2D eigenvalue weighted by Crippen LogP contribution is 2.34. The Morgan fingerprint density at radius 1 is 1.18 bits per heavy atom. The fourth-order valence-corrected chi connectivity index (χ4v) is 1.97. The van der Waals surface area contributed by atoms with Crippen molar-refractivity contribution in [2.75, 3.05) is 13.2 Å². The first kappa shape index (κ1) is 7.53. The van der Waals surface area contributed by atoms with Crippen LogP contribution in [0.1, 0.15) is 25.7 Å². The van der Waals surface area contributed by atoms with Crippen LogP contribution in [-0.2, 0) is 9.47 Å². The van der Waals surface area contributed by atoms with E-state index in [9.17, 15) is 0 Å². The predicted molar refractivity (Wildman–Crippen MR) is 41.1 cm³/mol. The van der Waals surface area contributed by atoms with Gasteiger partial charge in [0.2, 0.25) is 0 Å². The minimum absolute atomic E-state index is 0.0961. The molecular formula is C8H15NO2. The van der Waals surface area contributed by atoms with Crippen molar-refractivity contribution in [1.82, 2.24) is 0 Å². The van der Waals surface area contributed by atoms with Gasteiger partial charge in [-0.25, -0.2) is 0 Å². The van der Waals surface area contributed by atoms with Gasteiger partial charge < -0.3 is 15.2 Å². The third-order valence-corrected chi connectivity index (χ3v) is 2.63. The lowest BCUT2D eigenvalue weighted by Gasteiger charge is -2.36. The summed E-state index contributed by atoms with van der Waals surface area (Å²) in [5.41, 5.74) is 5.93. The highest BCUT2D eigenvalue weighted by molar-refractivity contribution is 4.89. The minimum Gasteiger partial charge on any atom is -0.346 e. The van der Waals surface area contributed by atoms with Crippen LogP contribution in [0.25, 0.3) is 0 Å². The molecule has 1 saturated carbocycles. The Bertz CT molecular complexity index is 143. The molecule has 2 fully saturated rings. The Morgan fingerprint density at radius 3 is 2.55 bits per heavy atom. The molecule has 1 saturated heterocycles. The van der Waals surface area contributed by atoms with E-state index in [1.165, 1.54) is 12.8 Å². The topological polar surface area (TPSA) is 44.5 Å². The zero-order chi connectivity index (χ0) is 7.73. The molecule has 1 aliphatic heterocycles. The van der Waals surface area contributed by atoms with E-state index in [4.69, 9.17) is 15.2 Å². The quantitative estimate of drug-likeness (QED) is 0.561. The molecule has 1 aliphatic carbocycles. The van der Waals surface area contributed by atoms with Crippen LogP contribution in [0.4, 0.5) is 0 Å². The monoisotopic (exact) mass is 157 g/mol. The number of hydrogen-bond acceptors (Lipinski definition) is 3. The van der Waals surface area contributed by atoms with Crippen molar-refractivity contribution in [1.29, 1.82) is 0 Å². The maximum absolute atomic E-state index is 5.93. The third-order valence-electron chi connectivity index (χ3n) is 2.63. The van der Waals surface area contributed by atoms with Crippen molar-refractivity contribution in [3.05, 3.63) is 0 Å². The summed E-state index contributed by atoms with van der Waals surface area (Å²) in [5.74, 6) is -0.391. The Labute approximate surface area is 66.8 Å². The lowest BCUT2D eigenvalue weighted by atomic mass is 9.90. The van der Waals surface area contributed by atoms with Crippen LogP contribution in [0.5, 0.6) is 0 Å². The highest BCUT2D eigenvalue weighted by atomic mass is 16.7. The van der Waals surface area contributed by atoms with Gasteiger partial charge in [0.1, 0.15) is 0 Å². The van der Waals surface area contributed by atoms with Gasteiger partial charge in [0.05, 0.1) is 19.3 Å². The van der Waals surface area contributed by atoms with E-state index in [2.05, 4.69) is 0 Å². The Morgan fingerprint density at radius 2 is 1.91 bits per heavy atom. The van der Waals surface area contributed by atoms with Gasteiger partial charge in [0, 0.05) is 6.42 Å². The molecule has 2 aliphatic rings. The summed E-state index contributed by atoms with van der Waals surface area (Å²) < 4.78 is 11.1. The molecule has 2 N–H and O–H groups in total. The molecule has 0 aromatic heterocycles. The van der Waals surface area contributed by atoms with Gasteiger partial charge in [-0.15, -0.1) is 0 Å². The lowest BCUT2D eigenvalue weighted by Crippen LogP contribution is -2.51. The summed E-state index contributed by atoms with van der Waals surface area (Å²) in [6.45, 7) is 1.43. The second-order valence-corrected chi connectivity index (χ2v) is 3.36. The van der Waals surface area contributed by atoms with Crippen molar-refractivity contribution >= 4 is 0 Å². The maximum Gasteiger partial charge on any atom is 0.183 e. The van der Waals surface area contributed by atoms with Crippen molar-refractivity contribution in [3.63, 3.8) is 0 Å². The normalized spacial score (nSPS) is 36.3. The van der Waals surface area contributed by atoms with E-state index in [0.717, 1.165) is 12.8 Å². The minimum atomic E-state index is -0.391. The van der Waals surface area contributed by atoms with Crippen LogP contribution >= 0.6 is 0 Å². The second-order valence-electron chi connectivity index (χ2n) is 3.36. The summed E-state index contributed by atoms with van der Waals surface area (Å²) in [6, 6.07) is 0.0961. The molecule has 1 spiro atoms. The van der Waals surface area contributed by atoms with Gasteiger partial charge in [-0.2, -0.15) is 0 Å². The van der Waals surface area contributed by atoms with Gasteiger partial charge in [-0.3, -0.25) is 0 Å². The number of ether oxygens (including phenoxy) is 2. The fourth-order valence-electron chi connectivity index (χ4n) is 1.97. The zero-order valence-electron chi connectivity index (χ0n) is 6.71. The van der Waals surface area contributed by atoms with Crippen LogP contribution in [-0.4, -0.2) is 25.0 Å². The molecule has 64 valence electrons. The van der Waals surface area contributed by atoms with Crippen molar-refractivity contribution < 1.29 is 9.47 Å². The summed E-state index contributed by atoms with van der Waals surface area (Å²) in [5, 5.41) is 0. The molecule has 1 heterocycles. The molecule has 0 radical (unpaired) electrons. The Kier molecular flexibility index (Phi) is 1.87. The van der Waals surface area contributed by atoms with E-state index < -0.39 is 5.79 Å². The first-order chi connectivity index (χ1) is 5.33. The van der Waals surface area contributed by atoms with Crippen LogP contribution in [0.3, 0.4) is 0 Å². The number of rotatable bonds is 0. The molecular weight excluding hydrogens is 142 g/mol. The van der Waals surface area contributed by atoms with Gasteiger partial charge in [-0.05, 0) is 12.8 Å². The summed E-state index contributed by atoms with van der Waals surface area (Å²) in [4.78, 5) is 0. The van der Waals surface area contributed by atoms with Gasteiger partial charge >= 0.3 is 0 Å². The van der Waals surface area contributed by atoms with Crippen molar-refractivity contribution in [3.8, 4) is 0 Å². The van der Waals surface area contributed by atoms with Crippen molar-refractivity contribution in [2.45, 2.75) is 37.5 Å². The summed E-state index contributed by atoms with van der Waals surface area (Å²) in [7, 11) is 0. The van der Waals surface area contributed by atoms with E-state index in [0.29, 0.717) is 13.2 Å². The van der Waals surface area contributed by atoms with Gasteiger partial charge in [-0.1, -0.05) is 6.42 Å². The van der Waals surface area contributed by atoms with Crippen molar-refractivity contribution in [2.24, 2.45) is 5.73 Å². The number of hydrogen-bond donors (Lipinski definition) is 1. The first-order valence-corrected chi connectivity index (χ1v) is 4.37. The number of nitrogens with two attached hydrogens (primary N) is 1. The van der Waals surface area contributed by atoms with E-state index in [-0.39, 0.29) is 6.04 Å². The lowest BCUT2D eigenvalue weighted by molar-refractivity contribution is -0.188. The largest absolute Gasteiger partial charge is 0.346 e. The average Bonchev–Trinajstić information content (AvgIpc) is 2.46. The fraction of sp³-hybridized carbons (Fsp3) is 1.00. The van der Waals surface area contributed by atoms with Crippen LogP contribution in [0, 0.1) is 0 Å². The molecule has 0 bridgehead atoms. The molecule has 0 aromatic carbocycles. The van der Waals surface area contributed by atoms with Crippen LogP contribution in [0.15, 0.2) is 0 Å². The van der Waals surface area contributed by atoms with Gasteiger partial charge in [0.15, 0.2) is 5.79 Å². The SMILES string of the molecule is N[C@@H]1CCCCC12OCCO2. The van der Waals surface area contributed by atoms with E-state index in [1.54, 1.807) is 0 Å². The molecule has 2 rings (SSSR count). The highest BCUT2D eigenvalue weighted by Gasteiger charge is 2.43. The van der Waals surface area contributed by atoms with Crippen LogP contribution < -0.4 is 5.73 Å². The molecule has 0 unspecified atom stereocenters. The zero-order valence-corrected chi connectivity index (χ0v) is 6.71. The Hall–Kier alpha value is -0.120. The molecule has 3 heteroatoms. The molecule has 3 nitrogen and oxygen atoms in total. The van der Waals surface area contributed by atoms with Gasteiger partial charge in [0.25, 0.3) is 0 Å². The standard InChI is InChI=1S/C8H15NO2/c9-7-3-1-2-4-8(7)10-5-6-11-8/h7H,1-6,9H2/t7-/m1/s1. The predicted octanol–water partition coefficient (Wildman–Crippen LogP) is 0.631.